The third-order valence-electron chi connectivity index (χ3n) is 4.20. The Hall–Kier alpha value is -2.55. The molecule has 2 aromatic rings. The van der Waals surface area contributed by atoms with E-state index in [0.29, 0.717) is 31.1 Å². The van der Waals surface area contributed by atoms with E-state index in [9.17, 15) is 9.59 Å². The Morgan fingerprint density at radius 1 is 1.18 bits per heavy atom. The zero-order valence-corrected chi connectivity index (χ0v) is 17.9. The van der Waals surface area contributed by atoms with Crippen molar-refractivity contribution in [2.75, 3.05) is 13.7 Å². The third kappa shape index (κ3) is 4.46. The van der Waals surface area contributed by atoms with E-state index >= 15 is 0 Å². The molecular formula is C21H21IN2O4. The van der Waals surface area contributed by atoms with Crippen molar-refractivity contribution >= 4 is 40.6 Å². The summed E-state index contributed by atoms with van der Waals surface area (Å²) in [7, 11) is 1.57. The van der Waals surface area contributed by atoms with Crippen LogP contribution in [0.15, 0.2) is 48.2 Å². The summed E-state index contributed by atoms with van der Waals surface area (Å²) in [6.07, 6.45) is 2.37. The van der Waals surface area contributed by atoms with Crippen LogP contribution in [0.25, 0.3) is 6.08 Å². The van der Waals surface area contributed by atoms with Gasteiger partial charge in [-0.05, 0) is 58.3 Å². The maximum Gasteiger partial charge on any atom is 0.329 e. The molecule has 1 aliphatic heterocycles. The molecule has 0 bridgehead atoms. The molecule has 1 heterocycles. The number of carbonyl (C=O) groups excluding carboxylic acids is 2. The highest BCUT2D eigenvalue weighted by Crippen LogP contribution is 2.35. The number of hydrogen-bond acceptors (Lipinski definition) is 4. The molecule has 3 rings (SSSR count). The quantitative estimate of drug-likeness (QED) is 0.358. The minimum atomic E-state index is -0.387. The highest BCUT2D eigenvalue weighted by Gasteiger charge is 2.32. The molecule has 0 spiro atoms. The van der Waals surface area contributed by atoms with Crippen LogP contribution in [-0.4, -0.2) is 30.5 Å². The van der Waals surface area contributed by atoms with Gasteiger partial charge in [0.2, 0.25) is 0 Å². The predicted octanol–water partition coefficient (Wildman–Crippen LogP) is 4.18. The number of amides is 3. The molecule has 0 atom stereocenters. The molecule has 0 unspecified atom stereocenters. The number of nitrogens with one attached hydrogen (secondary N) is 1. The van der Waals surface area contributed by atoms with E-state index in [0.717, 1.165) is 14.7 Å². The fraction of sp³-hybridized carbons (Fsp3) is 0.238. The highest BCUT2D eigenvalue weighted by molar-refractivity contribution is 14.1. The van der Waals surface area contributed by atoms with E-state index in [1.54, 1.807) is 19.3 Å². The van der Waals surface area contributed by atoms with Crippen LogP contribution in [0.3, 0.4) is 0 Å². The third-order valence-corrected chi connectivity index (χ3v) is 5.00. The maximum atomic E-state index is 12.4. The molecule has 0 aliphatic carbocycles. The van der Waals surface area contributed by atoms with Gasteiger partial charge in [0.25, 0.3) is 5.91 Å². The van der Waals surface area contributed by atoms with Gasteiger partial charge in [-0.15, -0.1) is 0 Å². The molecule has 1 aliphatic rings. The van der Waals surface area contributed by atoms with Gasteiger partial charge in [0.1, 0.15) is 12.3 Å². The lowest BCUT2D eigenvalue weighted by molar-refractivity contribution is -0.122. The lowest BCUT2D eigenvalue weighted by atomic mass is 10.1. The van der Waals surface area contributed by atoms with Crippen molar-refractivity contribution in [2.24, 2.45) is 0 Å². The van der Waals surface area contributed by atoms with Crippen LogP contribution in [0.4, 0.5) is 4.79 Å². The number of ether oxygens (including phenoxy) is 2. The van der Waals surface area contributed by atoms with Crippen LogP contribution in [0.1, 0.15) is 24.5 Å². The molecule has 2 aromatic carbocycles. The van der Waals surface area contributed by atoms with Gasteiger partial charge in [-0.25, -0.2) is 4.79 Å². The molecule has 1 N–H and O–H groups in total. The number of hydrogen-bond donors (Lipinski definition) is 1. The van der Waals surface area contributed by atoms with Crippen molar-refractivity contribution in [3.8, 4) is 11.5 Å². The van der Waals surface area contributed by atoms with Gasteiger partial charge >= 0.3 is 6.03 Å². The molecule has 28 heavy (non-hydrogen) atoms. The molecule has 7 heteroatoms. The number of benzene rings is 2. The molecule has 0 radical (unpaired) electrons. The number of rotatable bonds is 7. The number of imide groups is 1. The van der Waals surface area contributed by atoms with E-state index in [4.69, 9.17) is 9.47 Å². The van der Waals surface area contributed by atoms with Crippen molar-refractivity contribution in [3.63, 3.8) is 0 Å². The second-order valence-corrected chi connectivity index (χ2v) is 7.42. The summed E-state index contributed by atoms with van der Waals surface area (Å²) in [6.45, 7) is 2.74. The number of carbonyl (C=O) groups is 2. The number of nitrogens with zero attached hydrogens (tertiary/aromatic N) is 1. The second kappa shape index (κ2) is 9.09. The lowest BCUT2D eigenvalue weighted by Crippen LogP contribution is -2.31. The number of urea groups is 1. The van der Waals surface area contributed by atoms with E-state index in [1.165, 1.54) is 4.90 Å². The smallest absolute Gasteiger partial charge is 0.329 e. The van der Waals surface area contributed by atoms with Crippen LogP contribution in [0.2, 0.25) is 0 Å². The molecule has 3 amide bonds. The molecule has 1 fully saturated rings. The first-order valence-electron chi connectivity index (χ1n) is 8.92. The van der Waals surface area contributed by atoms with Crippen molar-refractivity contribution in [1.29, 1.82) is 0 Å². The lowest BCUT2D eigenvalue weighted by Gasteiger charge is -2.14. The van der Waals surface area contributed by atoms with Crippen LogP contribution in [-0.2, 0) is 11.4 Å². The minimum absolute atomic E-state index is 0.259. The van der Waals surface area contributed by atoms with Gasteiger partial charge in [0, 0.05) is 6.54 Å². The molecule has 0 aromatic heterocycles. The second-order valence-electron chi connectivity index (χ2n) is 6.25. The largest absolute Gasteiger partial charge is 0.493 e. The molecule has 1 saturated heterocycles. The highest BCUT2D eigenvalue weighted by atomic mass is 127. The average molecular weight is 492 g/mol. The Balaban J connectivity index is 1.83. The summed E-state index contributed by atoms with van der Waals surface area (Å²) >= 11 is 2.17. The predicted molar refractivity (Wildman–Crippen MR) is 115 cm³/mol. The fourth-order valence-corrected chi connectivity index (χ4v) is 3.64. The molecule has 146 valence electrons. The van der Waals surface area contributed by atoms with Crippen molar-refractivity contribution in [1.82, 2.24) is 10.2 Å². The SMILES string of the molecule is CCCN1C(=O)N/C(=C/c2cc(I)c(OCc3ccccc3)c(OC)c2)C1=O. The van der Waals surface area contributed by atoms with Crippen LogP contribution >= 0.6 is 22.6 Å². The topological polar surface area (TPSA) is 67.9 Å². The summed E-state index contributed by atoms with van der Waals surface area (Å²) in [5, 5.41) is 2.63. The standard InChI is InChI=1S/C21H21IN2O4/c1-3-9-24-20(25)17(23-21(24)26)11-15-10-16(22)19(18(12-15)27-2)28-13-14-7-5-4-6-8-14/h4-8,10-12H,3,9,13H2,1-2H3,(H,23,26)/b17-11+. The minimum Gasteiger partial charge on any atom is -0.493 e. The van der Waals surface area contributed by atoms with E-state index in [1.807, 2.05) is 43.3 Å². The normalized spacial score (nSPS) is 15.1. The van der Waals surface area contributed by atoms with Crippen molar-refractivity contribution in [3.05, 3.63) is 62.9 Å². The summed E-state index contributed by atoms with van der Waals surface area (Å²) < 4.78 is 12.3. The van der Waals surface area contributed by atoms with Gasteiger partial charge in [0.05, 0.1) is 10.7 Å². The van der Waals surface area contributed by atoms with Crippen LogP contribution in [0, 0.1) is 3.57 Å². The zero-order chi connectivity index (χ0) is 20.1. The summed E-state index contributed by atoms with van der Waals surface area (Å²) in [4.78, 5) is 25.6. The van der Waals surface area contributed by atoms with Gasteiger partial charge in [-0.3, -0.25) is 9.69 Å². The van der Waals surface area contributed by atoms with E-state index in [2.05, 4.69) is 27.9 Å². The van der Waals surface area contributed by atoms with Gasteiger partial charge < -0.3 is 14.8 Å². The first-order chi connectivity index (χ1) is 13.5. The Bertz CT molecular complexity index is 912. The Labute approximate surface area is 177 Å². The van der Waals surface area contributed by atoms with E-state index < -0.39 is 0 Å². The molecule has 0 saturated carbocycles. The van der Waals surface area contributed by atoms with Gasteiger partial charge in [0.15, 0.2) is 11.5 Å². The summed E-state index contributed by atoms with van der Waals surface area (Å²) in [5.74, 6) is 0.894. The van der Waals surface area contributed by atoms with E-state index in [-0.39, 0.29) is 17.6 Å². The Kier molecular flexibility index (Phi) is 6.56. The van der Waals surface area contributed by atoms with Gasteiger partial charge in [-0.2, -0.15) is 0 Å². The summed E-state index contributed by atoms with van der Waals surface area (Å²) in [6, 6.07) is 13.2. The zero-order valence-electron chi connectivity index (χ0n) is 15.7. The molecular weight excluding hydrogens is 471 g/mol. The van der Waals surface area contributed by atoms with Crippen molar-refractivity contribution in [2.45, 2.75) is 20.0 Å². The Morgan fingerprint density at radius 2 is 1.93 bits per heavy atom. The average Bonchev–Trinajstić information content (AvgIpc) is 2.95. The van der Waals surface area contributed by atoms with Crippen LogP contribution < -0.4 is 14.8 Å². The first-order valence-corrected chi connectivity index (χ1v) is 10.00. The first kappa shape index (κ1) is 20.2. The van der Waals surface area contributed by atoms with Crippen LogP contribution in [0.5, 0.6) is 11.5 Å². The molecule has 6 nitrogen and oxygen atoms in total. The fourth-order valence-electron chi connectivity index (χ4n) is 2.86. The van der Waals surface area contributed by atoms with Gasteiger partial charge in [-0.1, -0.05) is 37.3 Å². The maximum absolute atomic E-state index is 12.4. The number of halogens is 1. The number of methoxy groups -OCH3 is 1. The monoisotopic (exact) mass is 492 g/mol. The van der Waals surface area contributed by atoms with Crippen molar-refractivity contribution < 1.29 is 19.1 Å². The summed E-state index contributed by atoms with van der Waals surface area (Å²) in [5.41, 5.74) is 2.06. The Morgan fingerprint density at radius 3 is 2.61 bits per heavy atom.